The molecule has 88 valence electrons. The highest BCUT2D eigenvalue weighted by atomic mass is 32.2. The molecule has 0 spiro atoms. The maximum atomic E-state index is 11.1. The molecule has 0 unspecified atom stereocenters. The Morgan fingerprint density at radius 3 is 2.53 bits per heavy atom. The second-order valence-electron chi connectivity index (χ2n) is 3.84. The Kier molecular flexibility index (Phi) is 3.24. The van der Waals surface area contributed by atoms with Crippen LogP contribution in [-0.4, -0.2) is 16.1 Å². The minimum absolute atomic E-state index is 0.343. The van der Waals surface area contributed by atoms with E-state index in [1.807, 2.05) is 32.0 Å². The van der Waals surface area contributed by atoms with Crippen molar-refractivity contribution in [2.75, 3.05) is 0 Å². The van der Waals surface area contributed by atoms with E-state index in [4.69, 9.17) is 5.11 Å². The first-order chi connectivity index (χ1) is 8.08. The molecule has 0 radical (unpaired) electrons. The van der Waals surface area contributed by atoms with Crippen LogP contribution in [0.2, 0.25) is 0 Å². The normalized spacial score (nSPS) is 10.5. The Morgan fingerprint density at radius 1 is 1.24 bits per heavy atom. The summed E-state index contributed by atoms with van der Waals surface area (Å²) in [6, 6.07) is 9.07. The number of aromatic nitrogens is 1. The molecule has 2 rings (SSSR count). The molecule has 4 heteroatoms. The molecule has 17 heavy (non-hydrogen) atoms. The number of aromatic amines is 1. The minimum Gasteiger partial charge on any atom is -0.478 e. The van der Waals surface area contributed by atoms with Gasteiger partial charge in [-0.3, -0.25) is 0 Å². The first-order valence-electron chi connectivity index (χ1n) is 5.24. The molecule has 2 aromatic rings. The summed E-state index contributed by atoms with van der Waals surface area (Å²) in [5, 5.41) is 9.10. The summed E-state index contributed by atoms with van der Waals surface area (Å²) in [5.74, 6) is -0.891. The third-order valence-corrected chi connectivity index (χ3v) is 3.66. The van der Waals surface area contributed by atoms with Crippen molar-refractivity contribution in [3.63, 3.8) is 0 Å². The van der Waals surface area contributed by atoms with Crippen LogP contribution in [0.15, 0.2) is 40.1 Å². The predicted molar refractivity (Wildman–Crippen MR) is 67.8 cm³/mol. The smallest absolute Gasteiger partial charge is 0.336 e. The van der Waals surface area contributed by atoms with Crippen molar-refractivity contribution in [3.05, 3.63) is 47.3 Å². The molecule has 1 aromatic carbocycles. The number of carboxylic acid groups (broad SMARTS) is 1. The molecule has 0 fully saturated rings. The first-order valence-corrected chi connectivity index (χ1v) is 6.06. The van der Waals surface area contributed by atoms with Crippen LogP contribution < -0.4 is 0 Å². The molecule has 2 N–H and O–H groups in total. The van der Waals surface area contributed by atoms with Crippen LogP contribution in [0.5, 0.6) is 0 Å². The van der Waals surface area contributed by atoms with Crippen LogP contribution in [0.4, 0.5) is 0 Å². The lowest BCUT2D eigenvalue weighted by atomic mass is 10.2. The van der Waals surface area contributed by atoms with E-state index < -0.39 is 5.97 Å². The van der Waals surface area contributed by atoms with Crippen molar-refractivity contribution >= 4 is 17.7 Å². The van der Waals surface area contributed by atoms with E-state index in [0.717, 1.165) is 21.2 Å². The maximum Gasteiger partial charge on any atom is 0.336 e. The number of hydrogen-bond acceptors (Lipinski definition) is 2. The summed E-state index contributed by atoms with van der Waals surface area (Å²) >= 11 is 1.48. The van der Waals surface area contributed by atoms with E-state index in [2.05, 4.69) is 4.98 Å². The topological polar surface area (TPSA) is 53.1 Å². The van der Waals surface area contributed by atoms with E-state index in [-0.39, 0.29) is 0 Å². The molecule has 0 amide bonds. The highest BCUT2D eigenvalue weighted by Crippen LogP contribution is 2.33. The maximum absolute atomic E-state index is 11.1. The molecule has 1 heterocycles. The number of carboxylic acids is 1. The Balaban J connectivity index is 2.36. The largest absolute Gasteiger partial charge is 0.478 e. The second kappa shape index (κ2) is 4.67. The number of H-pyrrole nitrogens is 1. The molecule has 0 bridgehead atoms. The van der Waals surface area contributed by atoms with E-state index >= 15 is 0 Å². The quantitative estimate of drug-likeness (QED) is 0.873. The molecule has 0 atom stereocenters. The van der Waals surface area contributed by atoms with Gasteiger partial charge in [-0.1, -0.05) is 23.9 Å². The number of aromatic carboxylic acids is 1. The van der Waals surface area contributed by atoms with Crippen molar-refractivity contribution in [3.8, 4) is 0 Å². The average molecular weight is 247 g/mol. The Morgan fingerprint density at radius 2 is 1.94 bits per heavy atom. The monoisotopic (exact) mass is 247 g/mol. The second-order valence-corrected chi connectivity index (χ2v) is 4.93. The zero-order chi connectivity index (χ0) is 12.4. The van der Waals surface area contributed by atoms with Gasteiger partial charge in [0, 0.05) is 21.2 Å². The average Bonchev–Trinajstić information content (AvgIpc) is 2.58. The van der Waals surface area contributed by atoms with Gasteiger partial charge in [-0.15, -0.1) is 0 Å². The lowest BCUT2D eigenvalue weighted by Crippen LogP contribution is -1.97. The number of aryl methyl sites for hydroxylation is 2. The first kappa shape index (κ1) is 11.8. The minimum atomic E-state index is -0.891. The number of rotatable bonds is 3. The van der Waals surface area contributed by atoms with Crippen LogP contribution in [0.25, 0.3) is 0 Å². The molecule has 0 saturated heterocycles. The summed E-state index contributed by atoms with van der Waals surface area (Å²) in [6.45, 7) is 3.97. The fourth-order valence-corrected chi connectivity index (χ4v) is 2.74. The molecule has 0 saturated carbocycles. The van der Waals surface area contributed by atoms with Crippen molar-refractivity contribution in [1.82, 2.24) is 4.98 Å². The molecule has 1 aromatic heterocycles. The predicted octanol–water partition coefficient (Wildman–Crippen LogP) is 3.48. The van der Waals surface area contributed by atoms with Gasteiger partial charge in [-0.2, -0.15) is 0 Å². The van der Waals surface area contributed by atoms with Crippen molar-refractivity contribution < 1.29 is 9.90 Å². The Bertz CT molecular complexity index is 560. The summed E-state index contributed by atoms with van der Waals surface area (Å²) in [6.07, 6.45) is 0. The number of benzene rings is 1. The Hall–Kier alpha value is -1.68. The molecule has 3 nitrogen and oxygen atoms in total. The fourth-order valence-electron chi connectivity index (χ4n) is 1.66. The molecular formula is C13H13NO2S. The summed E-state index contributed by atoms with van der Waals surface area (Å²) in [4.78, 5) is 16.1. The van der Waals surface area contributed by atoms with Gasteiger partial charge in [0.15, 0.2) is 0 Å². The van der Waals surface area contributed by atoms with Crippen molar-refractivity contribution in [1.29, 1.82) is 0 Å². The zero-order valence-corrected chi connectivity index (χ0v) is 10.5. The van der Waals surface area contributed by atoms with Crippen LogP contribution >= 0.6 is 11.8 Å². The number of nitrogens with one attached hydrogen (secondary N) is 1. The van der Waals surface area contributed by atoms with Crippen molar-refractivity contribution in [2.45, 2.75) is 23.6 Å². The van der Waals surface area contributed by atoms with Gasteiger partial charge in [-0.25, -0.2) is 4.79 Å². The lowest BCUT2D eigenvalue weighted by molar-refractivity contribution is 0.0693. The van der Waals surface area contributed by atoms with Gasteiger partial charge in [0.2, 0.25) is 0 Å². The third kappa shape index (κ3) is 2.53. The summed E-state index contributed by atoms with van der Waals surface area (Å²) in [5.41, 5.74) is 2.49. The highest BCUT2D eigenvalue weighted by Gasteiger charge is 2.12. The highest BCUT2D eigenvalue weighted by molar-refractivity contribution is 7.99. The van der Waals surface area contributed by atoms with E-state index in [9.17, 15) is 4.79 Å². The summed E-state index contributed by atoms with van der Waals surface area (Å²) in [7, 11) is 0. The molecule has 0 aliphatic carbocycles. The van der Waals surface area contributed by atoms with E-state index in [1.165, 1.54) is 11.8 Å². The van der Waals surface area contributed by atoms with Crippen LogP contribution in [0.1, 0.15) is 21.7 Å². The van der Waals surface area contributed by atoms with Gasteiger partial charge in [0.25, 0.3) is 0 Å². The SMILES string of the molecule is Cc1cc(Sc2ccccc2C(=O)O)c(C)[nH]1. The molecule has 0 aliphatic rings. The number of hydrogen-bond donors (Lipinski definition) is 2. The van der Waals surface area contributed by atoms with Crippen LogP contribution in [-0.2, 0) is 0 Å². The van der Waals surface area contributed by atoms with Crippen molar-refractivity contribution in [2.24, 2.45) is 0 Å². The fraction of sp³-hybridized carbons (Fsp3) is 0.154. The molecular weight excluding hydrogens is 234 g/mol. The van der Waals surface area contributed by atoms with Crippen LogP contribution in [0.3, 0.4) is 0 Å². The third-order valence-electron chi connectivity index (χ3n) is 2.44. The van der Waals surface area contributed by atoms with Gasteiger partial charge in [0.05, 0.1) is 5.56 Å². The van der Waals surface area contributed by atoms with Gasteiger partial charge < -0.3 is 10.1 Å². The lowest BCUT2D eigenvalue weighted by Gasteiger charge is -2.04. The van der Waals surface area contributed by atoms with Gasteiger partial charge >= 0.3 is 5.97 Å². The van der Waals surface area contributed by atoms with E-state index in [0.29, 0.717) is 5.56 Å². The van der Waals surface area contributed by atoms with Gasteiger partial charge in [0.1, 0.15) is 0 Å². The van der Waals surface area contributed by atoms with E-state index in [1.54, 1.807) is 12.1 Å². The standard InChI is InChI=1S/C13H13NO2S/c1-8-7-12(9(2)14-8)17-11-6-4-3-5-10(11)13(15)16/h3-7,14H,1-2H3,(H,15,16). The van der Waals surface area contributed by atoms with Crippen LogP contribution in [0, 0.1) is 13.8 Å². The van der Waals surface area contributed by atoms with Gasteiger partial charge in [-0.05, 0) is 32.0 Å². The number of carbonyl (C=O) groups is 1. The Labute approximate surface area is 104 Å². The zero-order valence-electron chi connectivity index (χ0n) is 9.65. The summed E-state index contributed by atoms with van der Waals surface area (Å²) < 4.78 is 0. The molecule has 0 aliphatic heterocycles.